The Hall–Kier alpha value is -2.34. The molecule has 118 valence electrons. The summed E-state index contributed by atoms with van der Waals surface area (Å²) in [7, 11) is 0. The van der Waals surface area contributed by atoms with Crippen LogP contribution in [0, 0.1) is 0 Å². The summed E-state index contributed by atoms with van der Waals surface area (Å²) in [6.07, 6.45) is 0. The predicted molar refractivity (Wildman–Crippen MR) is 92.1 cm³/mol. The number of ketones is 1. The molecule has 1 heterocycles. The van der Waals surface area contributed by atoms with Gasteiger partial charge in [-0.2, -0.15) is 0 Å². The summed E-state index contributed by atoms with van der Waals surface area (Å²) >= 11 is 3.32. The number of hydrogen-bond donors (Lipinski definition) is 1. The Balaban J connectivity index is 1.73. The molecule has 1 amide bonds. The van der Waals surface area contributed by atoms with E-state index < -0.39 is 11.7 Å². The first-order valence-electron chi connectivity index (χ1n) is 7.22. The van der Waals surface area contributed by atoms with E-state index in [0.29, 0.717) is 17.9 Å². The minimum absolute atomic E-state index is 0.229. The van der Waals surface area contributed by atoms with Crippen LogP contribution < -0.4 is 15.0 Å². The van der Waals surface area contributed by atoms with Gasteiger partial charge in [0.15, 0.2) is 0 Å². The summed E-state index contributed by atoms with van der Waals surface area (Å²) in [5.41, 5.74) is 1.90. The molecule has 0 aliphatic carbocycles. The van der Waals surface area contributed by atoms with Crippen LogP contribution in [0.3, 0.4) is 0 Å². The van der Waals surface area contributed by atoms with E-state index in [9.17, 15) is 9.59 Å². The molecular formula is C17H15BrN2O3. The van der Waals surface area contributed by atoms with E-state index in [4.69, 9.17) is 4.74 Å². The molecule has 6 heteroatoms. The fourth-order valence-corrected chi connectivity index (χ4v) is 2.80. The second kappa shape index (κ2) is 6.42. The number of Topliss-reactive ketones (excluding diaryl/α,β-unsaturated/α-hetero) is 1. The SMILES string of the molecule is CCOc1ccc(NCN2C(=O)C(=O)c3cc(Br)ccc32)cc1. The maximum absolute atomic E-state index is 12.1. The maximum Gasteiger partial charge on any atom is 0.300 e. The molecule has 1 aliphatic rings. The fraction of sp³-hybridized carbons (Fsp3) is 0.176. The molecule has 0 unspecified atom stereocenters. The van der Waals surface area contributed by atoms with Crippen molar-refractivity contribution in [2.45, 2.75) is 6.92 Å². The molecule has 0 fully saturated rings. The molecule has 0 atom stereocenters. The van der Waals surface area contributed by atoms with Gasteiger partial charge in [-0.1, -0.05) is 15.9 Å². The molecule has 5 nitrogen and oxygen atoms in total. The van der Waals surface area contributed by atoms with E-state index >= 15 is 0 Å². The van der Waals surface area contributed by atoms with Crippen molar-refractivity contribution in [1.82, 2.24) is 0 Å². The summed E-state index contributed by atoms with van der Waals surface area (Å²) in [5, 5.41) is 3.15. The molecule has 0 radical (unpaired) electrons. The average Bonchev–Trinajstić information content (AvgIpc) is 2.78. The smallest absolute Gasteiger partial charge is 0.300 e. The molecule has 1 aliphatic heterocycles. The van der Waals surface area contributed by atoms with Crippen LogP contribution in [-0.4, -0.2) is 25.0 Å². The lowest BCUT2D eigenvalue weighted by Gasteiger charge is -2.18. The van der Waals surface area contributed by atoms with Gasteiger partial charge in [-0.25, -0.2) is 0 Å². The van der Waals surface area contributed by atoms with Gasteiger partial charge in [0.2, 0.25) is 0 Å². The quantitative estimate of drug-likeness (QED) is 0.814. The number of carbonyl (C=O) groups excluding carboxylic acids is 2. The lowest BCUT2D eigenvalue weighted by atomic mass is 10.1. The third kappa shape index (κ3) is 3.07. The van der Waals surface area contributed by atoms with Crippen LogP contribution in [0.5, 0.6) is 5.75 Å². The lowest BCUT2D eigenvalue weighted by molar-refractivity contribution is -0.114. The third-order valence-corrected chi connectivity index (χ3v) is 4.03. The number of fused-ring (bicyclic) bond motifs is 1. The Kier molecular flexibility index (Phi) is 4.34. The highest BCUT2D eigenvalue weighted by atomic mass is 79.9. The van der Waals surface area contributed by atoms with Crippen LogP contribution in [0.4, 0.5) is 11.4 Å². The first-order chi connectivity index (χ1) is 11.1. The Morgan fingerprint density at radius 3 is 2.57 bits per heavy atom. The standard InChI is InChI=1S/C17H15BrN2O3/c1-2-23-13-6-4-12(5-7-13)19-10-20-15-8-3-11(18)9-14(15)16(21)17(20)22/h3-9,19H,2,10H2,1H3. The van der Waals surface area contributed by atoms with Crippen molar-refractivity contribution < 1.29 is 14.3 Å². The van der Waals surface area contributed by atoms with Crippen molar-refractivity contribution in [3.05, 3.63) is 52.5 Å². The number of nitrogens with one attached hydrogen (secondary N) is 1. The Bertz CT molecular complexity index is 759. The van der Waals surface area contributed by atoms with Crippen molar-refractivity contribution in [3.63, 3.8) is 0 Å². The number of rotatable bonds is 5. The van der Waals surface area contributed by atoms with E-state index in [1.807, 2.05) is 37.3 Å². The van der Waals surface area contributed by atoms with Crippen molar-refractivity contribution in [3.8, 4) is 5.75 Å². The summed E-state index contributed by atoms with van der Waals surface area (Å²) in [6, 6.07) is 12.7. The first kappa shape index (κ1) is 15.6. The van der Waals surface area contributed by atoms with Crippen LogP contribution in [0.2, 0.25) is 0 Å². The Morgan fingerprint density at radius 2 is 1.87 bits per heavy atom. The maximum atomic E-state index is 12.1. The lowest BCUT2D eigenvalue weighted by Crippen LogP contribution is -2.34. The first-order valence-corrected chi connectivity index (χ1v) is 8.02. The van der Waals surface area contributed by atoms with E-state index in [1.165, 1.54) is 4.90 Å². The average molecular weight is 375 g/mol. The molecule has 3 rings (SSSR count). The largest absolute Gasteiger partial charge is 0.494 e. The third-order valence-electron chi connectivity index (χ3n) is 3.54. The summed E-state index contributed by atoms with van der Waals surface area (Å²) in [4.78, 5) is 25.6. The number of hydrogen-bond acceptors (Lipinski definition) is 4. The minimum atomic E-state index is -0.517. The second-order valence-electron chi connectivity index (χ2n) is 5.02. The highest BCUT2D eigenvalue weighted by Gasteiger charge is 2.35. The van der Waals surface area contributed by atoms with E-state index in [-0.39, 0.29) is 6.67 Å². The van der Waals surface area contributed by atoms with Gasteiger partial charge in [-0.15, -0.1) is 0 Å². The molecular weight excluding hydrogens is 360 g/mol. The van der Waals surface area contributed by atoms with Gasteiger partial charge in [-0.05, 0) is 49.4 Å². The molecule has 2 aromatic rings. The van der Waals surface area contributed by atoms with Crippen molar-refractivity contribution in [2.75, 3.05) is 23.5 Å². The summed E-state index contributed by atoms with van der Waals surface area (Å²) in [6.45, 7) is 2.77. The molecule has 0 saturated heterocycles. The minimum Gasteiger partial charge on any atom is -0.494 e. The monoisotopic (exact) mass is 374 g/mol. The van der Waals surface area contributed by atoms with Gasteiger partial charge in [0.05, 0.1) is 24.5 Å². The highest BCUT2D eigenvalue weighted by molar-refractivity contribution is 9.10. The number of nitrogens with zero attached hydrogens (tertiary/aromatic N) is 1. The highest BCUT2D eigenvalue weighted by Crippen LogP contribution is 2.31. The molecule has 2 aromatic carbocycles. The predicted octanol–water partition coefficient (Wildman–Crippen LogP) is 3.45. The normalized spacial score (nSPS) is 13.2. The van der Waals surface area contributed by atoms with Gasteiger partial charge < -0.3 is 10.1 Å². The van der Waals surface area contributed by atoms with Gasteiger partial charge >= 0.3 is 5.91 Å². The number of ether oxygens (including phenoxy) is 1. The van der Waals surface area contributed by atoms with Crippen LogP contribution in [-0.2, 0) is 4.79 Å². The molecule has 0 bridgehead atoms. The molecule has 0 spiro atoms. The van der Waals surface area contributed by atoms with Gasteiger partial charge in [0.25, 0.3) is 5.78 Å². The van der Waals surface area contributed by atoms with Crippen molar-refractivity contribution >= 4 is 39.0 Å². The zero-order chi connectivity index (χ0) is 16.4. The number of benzene rings is 2. The Labute approximate surface area is 142 Å². The van der Waals surface area contributed by atoms with Gasteiger partial charge in [0, 0.05) is 10.2 Å². The van der Waals surface area contributed by atoms with Crippen LogP contribution in [0.1, 0.15) is 17.3 Å². The second-order valence-corrected chi connectivity index (χ2v) is 5.93. The van der Waals surface area contributed by atoms with Crippen molar-refractivity contribution in [2.24, 2.45) is 0 Å². The van der Waals surface area contributed by atoms with Crippen LogP contribution >= 0.6 is 15.9 Å². The van der Waals surface area contributed by atoms with Crippen LogP contribution in [0.15, 0.2) is 46.9 Å². The van der Waals surface area contributed by atoms with E-state index in [0.717, 1.165) is 15.9 Å². The fourth-order valence-electron chi connectivity index (χ4n) is 2.44. The molecule has 0 saturated carbocycles. The Morgan fingerprint density at radius 1 is 1.13 bits per heavy atom. The van der Waals surface area contributed by atoms with Crippen molar-refractivity contribution in [1.29, 1.82) is 0 Å². The number of anilines is 2. The number of amides is 1. The summed E-state index contributed by atoms with van der Waals surface area (Å²) in [5.74, 6) is -0.202. The van der Waals surface area contributed by atoms with Crippen LogP contribution in [0.25, 0.3) is 0 Å². The van der Waals surface area contributed by atoms with E-state index in [2.05, 4.69) is 21.2 Å². The zero-order valence-electron chi connectivity index (χ0n) is 12.5. The van der Waals surface area contributed by atoms with E-state index in [1.54, 1.807) is 12.1 Å². The van der Waals surface area contributed by atoms with Gasteiger partial charge in [-0.3, -0.25) is 14.5 Å². The summed E-state index contributed by atoms with van der Waals surface area (Å²) < 4.78 is 6.16. The topological polar surface area (TPSA) is 58.6 Å². The number of carbonyl (C=O) groups is 2. The van der Waals surface area contributed by atoms with Gasteiger partial charge in [0.1, 0.15) is 5.75 Å². The number of halogens is 1. The molecule has 1 N–H and O–H groups in total. The molecule has 0 aromatic heterocycles. The molecule has 23 heavy (non-hydrogen) atoms. The zero-order valence-corrected chi connectivity index (χ0v) is 14.1.